The van der Waals surface area contributed by atoms with E-state index in [4.69, 9.17) is 5.11 Å². The van der Waals surface area contributed by atoms with Gasteiger partial charge < -0.3 is 5.11 Å². The van der Waals surface area contributed by atoms with Crippen LogP contribution in [0.3, 0.4) is 0 Å². The number of alkyl halides is 1. The smallest absolute Gasteiger partial charge is 0.126 e. The summed E-state index contributed by atoms with van der Waals surface area (Å²) in [6.45, 7) is 1.53. The lowest BCUT2D eigenvalue weighted by molar-refractivity contribution is 0.0770. The molecule has 0 aliphatic heterocycles. The van der Waals surface area contributed by atoms with Gasteiger partial charge in [0.25, 0.3) is 0 Å². The van der Waals surface area contributed by atoms with Crippen molar-refractivity contribution in [3.05, 3.63) is 0 Å². The summed E-state index contributed by atoms with van der Waals surface area (Å²) in [4.78, 5) is 0. The van der Waals surface area contributed by atoms with Gasteiger partial charge in [0.1, 0.15) is 6.17 Å². The Morgan fingerprint density at radius 1 is 1.45 bits per heavy atom. The Balaban J connectivity index is 2.18. The zero-order valence-corrected chi connectivity index (χ0v) is 7.09. The first-order chi connectivity index (χ1) is 5.20. The Kier molecular flexibility index (Phi) is 3.31. The topological polar surface area (TPSA) is 20.2 Å². The van der Waals surface area contributed by atoms with E-state index < -0.39 is 12.3 Å². The predicted molar refractivity (Wildman–Crippen MR) is 43.2 cm³/mol. The first-order valence-corrected chi connectivity index (χ1v) is 4.52. The number of hydrogen-bond donors (Lipinski definition) is 1. The van der Waals surface area contributed by atoms with Crippen molar-refractivity contribution in [3.63, 3.8) is 0 Å². The lowest BCUT2D eigenvalue weighted by Gasteiger charge is -2.14. The third kappa shape index (κ3) is 2.78. The van der Waals surface area contributed by atoms with Crippen molar-refractivity contribution in [2.45, 2.75) is 51.3 Å². The zero-order chi connectivity index (χ0) is 8.27. The van der Waals surface area contributed by atoms with E-state index in [1.54, 1.807) is 0 Å². The van der Waals surface area contributed by atoms with Crippen LogP contribution >= 0.6 is 0 Å². The van der Waals surface area contributed by atoms with E-state index in [9.17, 15) is 4.39 Å². The van der Waals surface area contributed by atoms with Crippen molar-refractivity contribution < 1.29 is 9.50 Å². The molecule has 1 saturated carbocycles. The summed E-state index contributed by atoms with van der Waals surface area (Å²) in [5.41, 5.74) is 0. The standard InChI is InChI=1S/C9H17FO/c1-7(11)9(10)6-8-4-2-3-5-8/h7-9,11H,2-6H2,1H3. The summed E-state index contributed by atoms with van der Waals surface area (Å²) in [5.74, 6) is 0.541. The average molecular weight is 160 g/mol. The molecule has 11 heavy (non-hydrogen) atoms. The Hall–Kier alpha value is -0.110. The van der Waals surface area contributed by atoms with Crippen LogP contribution in [0.5, 0.6) is 0 Å². The Bertz CT molecular complexity index is 108. The third-order valence-electron chi connectivity index (χ3n) is 2.56. The van der Waals surface area contributed by atoms with E-state index in [1.165, 1.54) is 19.8 Å². The molecule has 1 nitrogen and oxygen atoms in total. The van der Waals surface area contributed by atoms with Gasteiger partial charge in [0.2, 0.25) is 0 Å². The minimum atomic E-state index is -1.00. The Morgan fingerprint density at radius 2 is 2.00 bits per heavy atom. The summed E-state index contributed by atoms with van der Waals surface area (Å²) < 4.78 is 12.9. The van der Waals surface area contributed by atoms with Crippen LogP contribution in [0.15, 0.2) is 0 Å². The first kappa shape index (κ1) is 8.98. The molecule has 0 spiro atoms. The fourth-order valence-corrected chi connectivity index (χ4v) is 1.76. The molecule has 0 aromatic rings. The summed E-state index contributed by atoms with van der Waals surface area (Å²) in [5, 5.41) is 8.91. The van der Waals surface area contributed by atoms with Crippen LogP contribution in [-0.4, -0.2) is 17.4 Å². The summed E-state index contributed by atoms with van der Waals surface area (Å²) >= 11 is 0. The second-order valence-electron chi connectivity index (χ2n) is 3.64. The van der Waals surface area contributed by atoms with E-state index in [1.807, 2.05) is 0 Å². The van der Waals surface area contributed by atoms with Crippen molar-refractivity contribution in [3.8, 4) is 0 Å². The molecule has 0 aromatic carbocycles. The highest BCUT2D eigenvalue weighted by molar-refractivity contribution is 4.73. The highest BCUT2D eigenvalue weighted by atomic mass is 19.1. The molecule has 1 aliphatic rings. The number of rotatable bonds is 3. The SMILES string of the molecule is CC(O)C(F)CC1CCCC1. The number of halogens is 1. The predicted octanol–water partition coefficient (Wildman–Crippen LogP) is 2.29. The van der Waals surface area contributed by atoms with Gasteiger partial charge in [-0.15, -0.1) is 0 Å². The number of aliphatic hydroxyl groups is 1. The highest BCUT2D eigenvalue weighted by Gasteiger charge is 2.22. The van der Waals surface area contributed by atoms with Gasteiger partial charge in [0.05, 0.1) is 6.10 Å². The van der Waals surface area contributed by atoms with Crippen molar-refractivity contribution in [2.75, 3.05) is 0 Å². The van der Waals surface area contributed by atoms with Gasteiger partial charge in [-0.2, -0.15) is 0 Å². The quantitative estimate of drug-likeness (QED) is 0.671. The van der Waals surface area contributed by atoms with Crippen LogP contribution in [0.25, 0.3) is 0 Å². The average Bonchev–Trinajstić information content (AvgIpc) is 2.39. The second kappa shape index (κ2) is 4.05. The molecular weight excluding hydrogens is 143 g/mol. The van der Waals surface area contributed by atoms with Crippen LogP contribution in [0.2, 0.25) is 0 Å². The maximum absolute atomic E-state index is 12.9. The molecule has 66 valence electrons. The van der Waals surface area contributed by atoms with Gasteiger partial charge in [-0.3, -0.25) is 0 Å². The normalized spacial score (nSPS) is 25.4. The second-order valence-corrected chi connectivity index (χ2v) is 3.64. The molecular formula is C9H17FO. The number of aliphatic hydroxyl groups excluding tert-OH is 1. The highest BCUT2D eigenvalue weighted by Crippen LogP contribution is 2.29. The molecule has 2 atom stereocenters. The summed E-state index contributed by atoms with van der Waals surface area (Å²) in [6.07, 6.45) is 3.60. The molecule has 0 radical (unpaired) electrons. The fourth-order valence-electron chi connectivity index (χ4n) is 1.76. The molecule has 0 amide bonds. The lowest BCUT2D eigenvalue weighted by atomic mass is 9.99. The lowest BCUT2D eigenvalue weighted by Crippen LogP contribution is -2.20. The van der Waals surface area contributed by atoms with Crippen LogP contribution in [0.1, 0.15) is 39.0 Å². The van der Waals surface area contributed by atoms with E-state index in [-0.39, 0.29) is 0 Å². The van der Waals surface area contributed by atoms with E-state index in [0.29, 0.717) is 12.3 Å². The molecule has 1 rings (SSSR count). The molecule has 0 aromatic heterocycles. The van der Waals surface area contributed by atoms with E-state index in [0.717, 1.165) is 12.8 Å². The van der Waals surface area contributed by atoms with Crippen molar-refractivity contribution in [1.29, 1.82) is 0 Å². The molecule has 2 heteroatoms. The van der Waals surface area contributed by atoms with Gasteiger partial charge in [-0.1, -0.05) is 25.7 Å². The van der Waals surface area contributed by atoms with E-state index in [2.05, 4.69) is 0 Å². The molecule has 1 aliphatic carbocycles. The molecule has 0 saturated heterocycles. The minimum Gasteiger partial charge on any atom is -0.390 e. The molecule has 1 N–H and O–H groups in total. The molecule has 0 heterocycles. The van der Waals surface area contributed by atoms with Gasteiger partial charge in [-0.05, 0) is 19.3 Å². The Labute approximate surface area is 67.6 Å². The third-order valence-corrected chi connectivity index (χ3v) is 2.56. The van der Waals surface area contributed by atoms with Crippen molar-refractivity contribution >= 4 is 0 Å². The zero-order valence-electron chi connectivity index (χ0n) is 7.09. The van der Waals surface area contributed by atoms with Crippen LogP contribution < -0.4 is 0 Å². The molecule has 0 bridgehead atoms. The summed E-state index contributed by atoms with van der Waals surface area (Å²) in [6, 6.07) is 0. The van der Waals surface area contributed by atoms with Gasteiger partial charge in [0, 0.05) is 0 Å². The monoisotopic (exact) mass is 160 g/mol. The van der Waals surface area contributed by atoms with Crippen LogP contribution in [-0.2, 0) is 0 Å². The van der Waals surface area contributed by atoms with Gasteiger partial charge >= 0.3 is 0 Å². The maximum Gasteiger partial charge on any atom is 0.126 e. The van der Waals surface area contributed by atoms with E-state index >= 15 is 0 Å². The van der Waals surface area contributed by atoms with Crippen molar-refractivity contribution in [1.82, 2.24) is 0 Å². The van der Waals surface area contributed by atoms with Crippen LogP contribution in [0, 0.1) is 5.92 Å². The van der Waals surface area contributed by atoms with Gasteiger partial charge in [-0.25, -0.2) is 4.39 Å². The maximum atomic E-state index is 12.9. The fraction of sp³-hybridized carbons (Fsp3) is 1.00. The number of hydrogen-bond acceptors (Lipinski definition) is 1. The largest absolute Gasteiger partial charge is 0.390 e. The van der Waals surface area contributed by atoms with Crippen LogP contribution in [0.4, 0.5) is 4.39 Å². The van der Waals surface area contributed by atoms with Gasteiger partial charge in [0.15, 0.2) is 0 Å². The molecule has 1 fully saturated rings. The first-order valence-electron chi connectivity index (χ1n) is 4.52. The molecule has 2 unspecified atom stereocenters. The summed E-state index contributed by atoms with van der Waals surface area (Å²) in [7, 11) is 0. The van der Waals surface area contributed by atoms with Crippen molar-refractivity contribution in [2.24, 2.45) is 5.92 Å². The Morgan fingerprint density at radius 3 is 2.45 bits per heavy atom. The minimum absolute atomic E-state index is 0.541.